The minimum Gasteiger partial charge on any atom is -0.276 e. The summed E-state index contributed by atoms with van der Waals surface area (Å²) in [4.78, 5) is 13.0. The van der Waals surface area contributed by atoms with Crippen molar-refractivity contribution in [2.24, 2.45) is 5.92 Å². The molecule has 0 radical (unpaired) electrons. The third kappa shape index (κ3) is 3.54. The predicted molar refractivity (Wildman–Crippen MR) is 115 cm³/mol. The number of rotatable bonds is 6. The maximum absolute atomic E-state index is 13.0. The highest BCUT2D eigenvalue weighted by atomic mass is 35.5. The van der Waals surface area contributed by atoms with Crippen LogP contribution in [0.5, 0.6) is 0 Å². The van der Waals surface area contributed by atoms with Crippen LogP contribution in [0.2, 0.25) is 5.02 Å². The Kier molecular flexibility index (Phi) is 5.42. The topological polar surface area (TPSA) is 52.2 Å². The van der Waals surface area contributed by atoms with Crippen LogP contribution in [-0.2, 0) is 12.3 Å². The summed E-state index contributed by atoms with van der Waals surface area (Å²) in [6.07, 6.45) is 0.906. The molecule has 4 rings (SSSR count). The second-order valence-corrected chi connectivity index (χ2v) is 8.50. The van der Waals surface area contributed by atoms with Crippen LogP contribution in [0.25, 0.3) is 16.7 Å². The van der Waals surface area contributed by atoms with E-state index in [0.29, 0.717) is 29.4 Å². The van der Waals surface area contributed by atoms with Gasteiger partial charge in [-0.3, -0.25) is 13.8 Å². The molecule has 0 atom stereocenters. The van der Waals surface area contributed by atoms with Gasteiger partial charge in [0.2, 0.25) is 5.78 Å². The van der Waals surface area contributed by atoms with Gasteiger partial charge in [0.15, 0.2) is 5.16 Å². The zero-order valence-electron chi connectivity index (χ0n) is 15.8. The van der Waals surface area contributed by atoms with Gasteiger partial charge < -0.3 is 0 Å². The van der Waals surface area contributed by atoms with E-state index in [2.05, 4.69) is 24.0 Å². The summed E-state index contributed by atoms with van der Waals surface area (Å²) in [5.41, 5.74) is 1.86. The molecule has 0 saturated carbocycles. The van der Waals surface area contributed by atoms with Gasteiger partial charge in [-0.1, -0.05) is 67.5 Å². The van der Waals surface area contributed by atoms with E-state index < -0.39 is 0 Å². The number of thioether (sulfide) groups is 1. The number of hydrogen-bond acceptors (Lipinski definition) is 4. The second-order valence-electron chi connectivity index (χ2n) is 7.15. The van der Waals surface area contributed by atoms with E-state index in [9.17, 15) is 4.79 Å². The Hall–Kier alpha value is -2.31. The molecule has 0 amide bonds. The fraction of sp³-hybridized carbons (Fsp3) is 0.286. The van der Waals surface area contributed by atoms with Gasteiger partial charge in [-0.15, -0.1) is 10.2 Å². The number of fused-ring (bicyclic) bond motifs is 3. The molecular formula is C21H21ClN4OS. The lowest BCUT2D eigenvalue weighted by Crippen LogP contribution is -2.24. The molecule has 2 heterocycles. The summed E-state index contributed by atoms with van der Waals surface area (Å²) in [6.45, 7) is 4.92. The fourth-order valence-electron chi connectivity index (χ4n) is 3.17. The van der Waals surface area contributed by atoms with Crippen LogP contribution in [0.4, 0.5) is 0 Å². The first-order chi connectivity index (χ1) is 13.6. The van der Waals surface area contributed by atoms with Crippen molar-refractivity contribution in [3.05, 3.63) is 69.5 Å². The van der Waals surface area contributed by atoms with Crippen molar-refractivity contribution in [1.82, 2.24) is 19.2 Å². The molecule has 7 heteroatoms. The molecule has 0 unspecified atom stereocenters. The van der Waals surface area contributed by atoms with Gasteiger partial charge in [0.25, 0.3) is 5.56 Å². The second kappa shape index (κ2) is 7.97. The standard InChI is InChI=1S/C21H21ClN4OS/c1-14(2)11-12-25-19(27)16-8-4-6-10-18(16)26-20(25)23-24-21(26)28-13-15-7-3-5-9-17(15)22/h3-10,14H,11-13H2,1-2H3. The molecule has 5 nitrogen and oxygen atoms in total. The van der Waals surface area contributed by atoms with Crippen molar-refractivity contribution < 1.29 is 0 Å². The quantitative estimate of drug-likeness (QED) is 0.416. The first-order valence-electron chi connectivity index (χ1n) is 9.29. The van der Waals surface area contributed by atoms with Crippen LogP contribution in [0, 0.1) is 5.92 Å². The van der Waals surface area contributed by atoms with Gasteiger partial charge in [-0.2, -0.15) is 0 Å². The normalized spacial score (nSPS) is 11.7. The number of halogens is 1. The van der Waals surface area contributed by atoms with Crippen LogP contribution in [-0.4, -0.2) is 19.2 Å². The van der Waals surface area contributed by atoms with Gasteiger partial charge >= 0.3 is 0 Å². The van der Waals surface area contributed by atoms with Crippen molar-refractivity contribution >= 4 is 40.0 Å². The minimum absolute atomic E-state index is 0.0150. The highest BCUT2D eigenvalue weighted by Gasteiger charge is 2.17. The van der Waals surface area contributed by atoms with Crippen LogP contribution in [0.15, 0.2) is 58.5 Å². The molecule has 0 N–H and O–H groups in total. The molecule has 0 aliphatic rings. The van der Waals surface area contributed by atoms with Crippen LogP contribution < -0.4 is 5.56 Å². The lowest BCUT2D eigenvalue weighted by atomic mass is 10.1. The zero-order valence-corrected chi connectivity index (χ0v) is 17.4. The molecule has 0 spiro atoms. The summed E-state index contributed by atoms with van der Waals surface area (Å²) in [5.74, 6) is 1.77. The maximum atomic E-state index is 13.0. The molecule has 0 saturated heterocycles. The van der Waals surface area contributed by atoms with Crippen molar-refractivity contribution in [2.45, 2.75) is 37.7 Å². The Morgan fingerprint density at radius 1 is 1.07 bits per heavy atom. The summed E-state index contributed by atoms with van der Waals surface area (Å²) >= 11 is 7.86. The minimum atomic E-state index is -0.0150. The average Bonchev–Trinajstić information content (AvgIpc) is 3.11. The summed E-state index contributed by atoms with van der Waals surface area (Å²) < 4.78 is 3.73. The first kappa shape index (κ1) is 19.0. The highest BCUT2D eigenvalue weighted by molar-refractivity contribution is 7.98. The summed E-state index contributed by atoms with van der Waals surface area (Å²) in [5, 5.41) is 10.9. The predicted octanol–water partition coefficient (Wildman–Crippen LogP) is 5.04. The molecule has 0 bridgehead atoms. The Balaban J connectivity index is 1.82. The third-order valence-corrected chi connectivity index (χ3v) is 6.07. The lowest BCUT2D eigenvalue weighted by Gasteiger charge is -2.12. The molecule has 28 heavy (non-hydrogen) atoms. The van der Waals surface area contributed by atoms with E-state index in [-0.39, 0.29) is 5.56 Å². The van der Waals surface area contributed by atoms with Gasteiger partial charge in [0.1, 0.15) is 0 Å². The number of aromatic nitrogens is 4. The molecule has 0 aliphatic heterocycles. The van der Waals surface area contributed by atoms with Crippen LogP contribution in [0.1, 0.15) is 25.8 Å². The Bertz CT molecular complexity index is 1200. The van der Waals surface area contributed by atoms with Gasteiger partial charge in [-0.25, -0.2) is 0 Å². The third-order valence-electron chi connectivity index (χ3n) is 4.72. The van der Waals surface area contributed by atoms with E-state index >= 15 is 0 Å². The summed E-state index contributed by atoms with van der Waals surface area (Å²) in [6, 6.07) is 15.4. The number of aryl methyl sites for hydroxylation is 1. The van der Waals surface area contributed by atoms with Gasteiger partial charge in [0, 0.05) is 17.3 Å². The molecule has 2 aromatic heterocycles. The molecular weight excluding hydrogens is 392 g/mol. The van der Waals surface area contributed by atoms with Gasteiger partial charge in [0.05, 0.1) is 10.9 Å². The van der Waals surface area contributed by atoms with E-state index in [4.69, 9.17) is 11.6 Å². The number of para-hydroxylation sites is 1. The van der Waals surface area contributed by atoms with E-state index in [0.717, 1.165) is 27.7 Å². The Morgan fingerprint density at radius 2 is 1.82 bits per heavy atom. The number of hydrogen-bond donors (Lipinski definition) is 0. The van der Waals surface area contributed by atoms with Gasteiger partial charge in [-0.05, 0) is 36.1 Å². The average molecular weight is 413 g/mol. The first-order valence-corrected chi connectivity index (χ1v) is 10.7. The monoisotopic (exact) mass is 412 g/mol. The molecule has 144 valence electrons. The Morgan fingerprint density at radius 3 is 2.61 bits per heavy atom. The lowest BCUT2D eigenvalue weighted by molar-refractivity contribution is 0.512. The fourth-order valence-corrected chi connectivity index (χ4v) is 4.40. The smallest absolute Gasteiger partial charge is 0.262 e. The molecule has 0 fully saturated rings. The van der Waals surface area contributed by atoms with Crippen molar-refractivity contribution in [3.8, 4) is 0 Å². The van der Waals surface area contributed by atoms with E-state index in [1.807, 2.05) is 52.9 Å². The maximum Gasteiger partial charge on any atom is 0.262 e. The SMILES string of the molecule is CC(C)CCn1c(=O)c2ccccc2n2c(SCc3ccccc3Cl)nnc12. The number of benzene rings is 2. The van der Waals surface area contributed by atoms with E-state index in [1.54, 1.807) is 16.3 Å². The van der Waals surface area contributed by atoms with Crippen LogP contribution >= 0.6 is 23.4 Å². The van der Waals surface area contributed by atoms with Crippen molar-refractivity contribution in [3.63, 3.8) is 0 Å². The largest absolute Gasteiger partial charge is 0.276 e. The Labute approximate surface area is 172 Å². The molecule has 4 aromatic rings. The van der Waals surface area contributed by atoms with Crippen LogP contribution in [0.3, 0.4) is 0 Å². The number of nitrogens with zero attached hydrogens (tertiary/aromatic N) is 4. The van der Waals surface area contributed by atoms with Crippen molar-refractivity contribution in [2.75, 3.05) is 0 Å². The van der Waals surface area contributed by atoms with Crippen molar-refractivity contribution in [1.29, 1.82) is 0 Å². The zero-order chi connectivity index (χ0) is 19.7. The van der Waals surface area contributed by atoms with E-state index in [1.165, 1.54) is 0 Å². The highest BCUT2D eigenvalue weighted by Crippen LogP contribution is 2.27. The molecule has 0 aliphatic carbocycles. The summed E-state index contributed by atoms with van der Waals surface area (Å²) in [7, 11) is 0. The molecule has 2 aromatic carbocycles.